The molecule has 0 saturated heterocycles. The van der Waals surface area contributed by atoms with Crippen molar-refractivity contribution in [1.82, 2.24) is 0 Å². The summed E-state index contributed by atoms with van der Waals surface area (Å²) in [4.78, 5) is 15.0. The number of nitrogens with one attached hydrogen (secondary N) is 1. The third-order valence-electron chi connectivity index (χ3n) is 3.65. The van der Waals surface area contributed by atoms with Gasteiger partial charge in [-0.15, -0.1) is 0 Å². The Labute approximate surface area is 159 Å². The molecule has 0 unspecified atom stereocenters. The van der Waals surface area contributed by atoms with Gasteiger partial charge in [0, 0.05) is 18.4 Å². The molecule has 0 atom stereocenters. The second-order valence-corrected chi connectivity index (χ2v) is 6.32. The number of benzene rings is 2. The van der Waals surface area contributed by atoms with Crippen molar-refractivity contribution < 1.29 is 14.3 Å². The lowest BCUT2D eigenvalue weighted by Crippen LogP contribution is -2.36. The summed E-state index contributed by atoms with van der Waals surface area (Å²) in [7, 11) is 0. The number of aryl methyl sites for hydroxylation is 1. The fraction of sp³-hybridized carbons (Fsp3) is 0.300. The monoisotopic (exact) mass is 372 g/mol. The van der Waals surface area contributed by atoms with Crippen molar-refractivity contribution in [3.8, 4) is 5.75 Å². The summed E-state index contributed by atoms with van der Waals surface area (Å²) in [5.74, 6) is 0.450. The highest BCUT2D eigenvalue weighted by molar-refractivity contribution is 7.80. The van der Waals surface area contributed by atoms with E-state index in [1.54, 1.807) is 24.0 Å². The molecule has 0 aliphatic rings. The number of para-hydroxylation sites is 1. The van der Waals surface area contributed by atoms with Gasteiger partial charge < -0.3 is 14.8 Å². The summed E-state index contributed by atoms with van der Waals surface area (Å²) in [5.41, 5.74) is 2.58. The zero-order chi connectivity index (χ0) is 18.9. The molecule has 0 bridgehead atoms. The predicted octanol–water partition coefficient (Wildman–Crippen LogP) is 4.80. The number of thiocarbonyl (C=S) groups is 1. The van der Waals surface area contributed by atoms with E-state index < -0.39 is 6.09 Å². The molecular formula is C20H24N2O3S. The summed E-state index contributed by atoms with van der Waals surface area (Å²) in [6.45, 7) is 7.12. The Morgan fingerprint density at radius 3 is 2.65 bits per heavy atom. The van der Waals surface area contributed by atoms with Crippen LogP contribution < -0.4 is 15.0 Å². The van der Waals surface area contributed by atoms with Crippen LogP contribution in [0.15, 0.2) is 48.5 Å². The number of anilines is 2. The zero-order valence-electron chi connectivity index (χ0n) is 15.3. The van der Waals surface area contributed by atoms with Crippen LogP contribution in [0.2, 0.25) is 0 Å². The number of carbonyl (C=O) groups is 1. The summed E-state index contributed by atoms with van der Waals surface area (Å²) < 4.78 is 11.0. The highest BCUT2D eigenvalue weighted by Crippen LogP contribution is 2.23. The normalized spacial score (nSPS) is 10.3. The molecule has 0 heterocycles. The third kappa shape index (κ3) is 5.82. The van der Waals surface area contributed by atoms with E-state index in [1.165, 1.54) is 0 Å². The van der Waals surface area contributed by atoms with Crippen LogP contribution in [0.25, 0.3) is 0 Å². The first-order valence-corrected chi connectivity index (χ1v) is 8.92. The first kappa shape index (κ1) is 19.9. The van der Waals surface area contributed by atoms with Crippen molar-refractivity contribution in [3.05, 3.63) is 54.1 Å². The van der Waals surface area contributed by atoms with Crippen molar-refractivity contribution in [2.75, 3.05) is 30.0 Å². The molecule has 0 aromatic heterocycles. The fourth-order valence-corrected chi connectivity index (χ4v) is 2.59. The van der Waals surface area contributed by atoms with Gasteiger partial charge >= 0.3 is 6.09 Å². The number of hydrogen-bond acceptors (Lipinski definition) is 4. The SMILES string of the molecule is CCOCCN(C(=O)Oc1cccc(NC(C)=S)c1)c1ccccc1C. The number of hydrogen-bond donors (Lipinski definition) is 1. The Hall–Kier alpha value is -2.44. The van der Waals surface area contributed by atoms with Gasteiger partial charge in [0.1, 0.15) is 5.75 Å². The first-order chi connectivity index (χ1) is 12.5. The Morgan fingerprint density at radius 2 is 1.96 bits per heavy atom. The lowest BCUT2D eigenvalue weighted by atomic mass is 10.2. The maximum absolute atomic E-state index is 12.8. The molecular weight excluding hydrogens is 348 g/mol. The minimum absolute atomic E-state index is 0.411. The molecule has 6 heteroatoms. The molecule has 0 radical (unpaired) electrons. The van der Waals surface area contributed by atoms with Crippen molar-refractivity contribution in [2.45, 2.75) is 20.8 Å². The Kier molecular flexibility index (Phi) is 7.56. The van der Waals surface area contributed by atoms with Crippen LogP contribution in [0.3, 0.4) is 0 Å². The molecule has 1 N–H and O–H groups in total. The largest absolute Gasteiger partial charge is 0.419 e. The van der Waals surface area contributed by atoms with Gasteiger partial charge in [-0.2, -0.15) is 0 Å². The Morgan fingerprint density at radius 1 is 1.19 bits per heavy atom. The number of carbonyl (C=O) groups excluding carboxylic acids is 1. The summed E-state index contributed by atoms with van der Waals surface area (Å²) >= 11 is 5.05. The molecule has 0 spiro atoms. The lowest BCUT2D eigenvalue weighted by molar-refractivity contribution is 0.151. The summed E-state index contributed by atoms with van der Waals surface area (Å²) in [6.07, 6.45) is -0.449. The van der Waals surface area contributed by atoms with Crippen molar-refractivity contribution in [3.63, 3.8) is 0 Å². The molecule has 1 amide bonds. The third-order valence-corrected chi connectivity index (χ3v) is 3.75. The molecule has 2 aromatic carbocycles. The van der Waals surface area contributed by atoms with Crippen molar-refractivity contribution in [1.29, 1.82) is 0 Å². The van der Waals surface area contributed by atoms with Gasteiger partial charge in [0.2, 0.25) is 0 Å². The van der Waals surface area contributed by atoms with E-state index in [-0.39, 0.29) is 0 Å². The van der Waals surface area contributed by atoms with Gasteiger partial charge in [-0.3, -0.25) is 4.90 Å². The molecule has 0 saturated carbocycles. The van der Waals surface area contributed by atoms with Gasteiger partial charge in [0.25, 0.3) is 0 Å². The average molecular weight is 372 g/mol. The zero-order valence-corrected chi connectivity index (χ0v) is 16.1. The van der Waals surface area contributed by atoms with Crippen LogP contribution >= 0.6 is 12.2 Å². The smallest absolute Gasteiger partial charge is 0.410 e. The highest BCUT2D eigenvalue weighted by atomic mass is 32.1. The maximum atomic E-state index is 12.8. The Balaban J connectivity index is 2.18. The minimum atomic E-state index is -0.449. The van der Waals surface area contributed by atoms with Crippen LogP contribution in [0.4, 0.5) is 16.2 Å². The van der Waals surface area contributed by atoms with Gasteiger partial charge in [-0.25, -0.2) is 4.79 Å². The first-order valence-electron chi connectivity index (χ1n) is 8.51. The lowest BCUT2D eigenvalue weighted by Gasteiger charge is -2.23. The number of rotatable bonds is 7. The molecule has 5 nitrogen and oxygen atoms in total. The highest BCUT2D eigenvalue weighted by Gasteiger charge is 2.19. The Bertz CT molecular complexity index is 764. The van der Waals surface area contributed by atoms with Crippen LogP contribution in [-0.2, 0) is 4.74 Å². The number of ether oxygens (including phenoxy) is 2. The quantitative estimate of drug-likeness (QED) is 0.559. The van der Waals surface area contributed by atoms with Crippen molar-refractivity contribution in [2.24, 2.45) is 0 Å². The van der Waals surface area contributed by atoms with Gasteiger partial charge in [0.15, 0.2) is 0 Å². The summed E-state index contributed by atoms with van der Waals surface area (Å²) in [6, 6.07) is 14.8. The molecule has 2 rings (SSSR count). The topological polar surface area (TPSA) is 50.8 Å². The van der Waals surface area contributed by atoms with E-state index in [1.807, 2.05) is 50.2 Å². The molecule has 0 aliphatic heterocycles. The van der Waals surface area contributed by atoms with Crippen LogP contribution in [-0.4, -0.2) is 30.8 Å². The van der Waals surface area contributed by atoms with Crippen LogP contribution in [0.1, 0.15) is 19.4 Å². The van der Waals surface area contributed by atoms with E-state index in [2.05, 4.69) is 5.32 Å². The second-order valence-electron chi connectivity index (χ2n) is 5.71. The minimum Gasteiger partial charge on any atom is -0.410 e. The van der Waals surface area contributed by atoms with Gasteiger partial charge in [-0.1, -0.05) is 36.5 Å². The molecule has 0 fully saturated rings. The standard InChI is InChI=1S/C20H24N2O3S/c1-4-24-13-12-22(19-11-6-5-8-15(19)2)20(23)25-18-10-7-9-17(14-18)21-16(3)26/h5-11,14H,4,12-13H2,1-3H3,(H,21,26). The number of amides is 1. The van der Waals surface area contributed by atoms with Gasteiger partial charge in [0.05, 0.1) is 23.8 Å². The van der Waals surface area contributed by atoms with E-state index in [0.29, 0.717) is 30.5 Å². The fourth-order valence-electron chi connectivity index (χ4n) is 2.47. The molecule has 26 heavy (non-hydrogen) atoms. The summed E-state index contributed by atoms with van der Waals surface area (Å²) in [5, 5.41) is 3.04. The van der Waals surface area contributed by atoms with E-state index in [4.69, 9.17) is 21.7 Å². The van der Waals surface area contributed by atoms with E-state index in [9.17, 15) is 4.79 Å². The number of nitrogens with zero attached hydrogens (tertiary/aromatic N) is 1. The predicted molar refractivity (Wildman–Crippen MR) is 109 cm³/mol. The molecule has 138 valence electrons. The van der Waals surface area contributed by atoms with E-state index >= 15 is 0 Å². The van der Waals surface area contributed by atoms with Crippen LogP contribution in [0.5, 0.6) is 5.75 Å². The maximum Gasteiger partial charge on any atom is 0.419 e. The molecule has 2 aromatic rings. The second kappa shape index (κ2) is 9.89. The average Bonchev–Trinajstić information content (AvgIpc) is 2.59. The molecule has 0 aliphatic carbocycles. The van der Waals surface area contributed by atoms with E-state index in [0.717, 1.165) is 16.9 Å². The van der Waals surface area contributed by atoms with Crippen LogP contribution in [0, 0.1) is 6.92 Å². The van der Waals surface area contributed by atoms with Gasteiger partial charge in [-0.05, 0) is 44.5 Å². The van der Waals surface area contributed by atoms with Crippen molar-refractivity contribution >= 4 is 34.7 Å².